The number of carbonyl (C=O) groups excluding carboxylic acids is 2. The third-order valence-corrected chi connectivity index (χ3v) is 4.05. The van der Waals surface area contributed by atoms with E-state index in [4.69, 9.17) is 0 Å². The first-order valence-electron chi connectivity index (χ1n) is 8.37. The van der Waals surface area contributed by atoms with E-state index in [1.807, 2.05) is 61.5 Å². The normalized spacial score (nSPS) is 12.9. The Bertz CT molecular complexity index is 731. The van der Waals surface area contributed by atoms with Crippen molar-refractivity contribution in [3.8, 4) is 0 Å². The summed E-state index contributed by atoms with van der Waals surface area (Å²) in [5.74, 6) is -1.51. The molecule has 2 aromatic carbocycles. The number of aliphatic hydroxyl groups is 2. The molecule has 0 aliphatic carbocycles. The summed E-state index contributed by atoms with van der Waals surface area (Å²) < 4.78 is 0. The number of hydrogen-bond acceptors (Lipinski definition) is 4. The standard InChI is InChI=1S/C20H24N2O4/c1-14-8-10-15(11-9-14)12-21-19(25)17(23)18(24)20(26)22(2)13-16-6-4-3-5-7-16/h3-11,17-18,23-24H,12-13H2,1-2H3,(H,21,25)/t17-,18-/m1/s1. The number of carbonyl (C=O) groups is 2. The maximum absolute atomic E-state index is 12.2. The molecule has 0 aliphatic heterocycles. The Morgan fingerprint density at radius 1 is 0.962 bits per heavy atom. The zero-order chi connectivity index (χ0) is 19.1. The SMILES string of the molecule is Cc1ccc(CNC(=O)[C@H](O)[C@@H](O)C(=O)N(C)Cc2ccccc2)cc1. The van der Waals surface area contributed by atoms with E-state index >= 15 is 0 Å². The zero-order valence-electron chi connectivity index (χ0n) is 14.9. The molecule has 0 fully saturated rings. The number of likely N-dealkylation sites (N-methyl/N-ethyl adjacent to an activating group) is 1. The van der Waals surface area contributed by atoms with Crippen molar-refractivity contribution in [1.82, 2.24) is 10.2 Å². The zero-order valence-corrected chi connectivity index (χ0v) is 14.9. The Labute approximate surface area is 153 Å². The van der Waals surface area contributed by atoms with Crippen molar-refractivity contribution in [2.75, 3.05) is 7.05 Å². The van der Waals surface area contributed by atoms with Crippen LogP contribution in [0.3, 0.4) is 0 Å². The molecule has 0 unspecified atom stereocenters. The molecule has 0 spiro atoms. The van der Waals surface area contributed by atoms with E-state index in [0.717, 1.165) is 16.7 Å². The van der Waals surface area contributed by atoms with Crippen molar-refractivity contribution < 1.29 is 19.8 Å². The highest BCUT2D eigenvalue weighted by Gasteiger charge is 2.32. The van der Waals surface area contributed by atoms with Gasteiger partial charge in [-0.3, -0.25) is 9.59 Å². The molecule has 2 atom stereocenters. The Kier molecular flexibility index (Phi) is 6.89. The van der Waals surface area contributed by atoms with Gasteiger partial charge in [0.1, 0.15) is 0 Å². The second-order valence-corrected chi connectivity index (χ2v) is 6.27. The van der Waals surface area contributed by atoms with Crippen LogP contribution in [0.5, 0.6) is 0 Å². The molecule has 138 valence electrons. The van der Waals surface area contributed by atoms with Gasteiger partial charge in [-0.15, -0.1) is 0 Å². The molecule has 6 heteroatoms. The monoisotopic (exact) mass is 356 g/mol. The predicted molar refractivity (Wildman–Crippen MR) is 98.0 cm³/mol. The average Bonchev–Trinajstić information content (AvgIpc) is 2.66. The number of nitrogens with zero attached hydrogens (tertiary/aromatic N) is 1. The summed E-state index contributed by atoms with van der Waals surface area (Å²) in [4.78, 5) is 25.5. The lowest BCUT2D eigenvalue weighted by Crippen LogP contribution is -2.49. The molecule has 0 heterocycles. The molecule has 0 saturated carbocycles. The van der Waals surface area contributed by atoms with Crippen LogP contribution in [0.4, 0.5) is 0 Å². The van der Waals surface area contributed by atoms with Crippen LogP contribution in [-0.4, -0.2) is 46.2 Å². The van der Waals surface area contributed by atoms with Crippen LogP contribution in [-0.2, 0) is 22.7 Å². The molecule has 0 saturated heterocycles. The number of aryl methyl sites for hydroxylation is 1. The van der Waals surface area contributed by atoms with E-state index in [1.54, 1.807) is 0 Å². The fraction of sp³-hybridized carbons (Fsp3) is 0.300. The van der Waals surface area contributed by atoms with Crippen LogP contribution >= 0.6 is 0 Å². The predicted octanol–water partition coefficient (Wildman–Crippen LogP) is 0.992. The average molecular weight is 356 g/mol. The van der Waals surface area contributed by atoms with Crippen molar-refractivity contribution >= 4 is 11.8 Å². The lowest BCUT2D eigenvalue weighted by atomic mass is 10.1. The fourth-order valence-corrected chi connectivity index (χ4v) is 2.44. The van der Waals surface area contributed by atoms with Crippen LogP contribution in [0.2, 0.25) is 0 Å². The smallest absolute Gasteiger partial charge is 0.254 e. The second kappa shape index (κ2) is 9.12. The molecule has 0 aromatic heterocycles. The highest BCUT2D eigenvalue weighted by Crippen LogP contribution is 2.07. The summed E-state index contributed by atoms with van der Waals surface area (Å²) in [7, 11) is 1.51. The number of amides is 2. The highest BCUT2D eigenvalue weighted by molar-refractivity contribution is 5.90. The van der Waals surface area contributed by atoms with Gasteiger partial charge in [-0.1, -0.05) is 60.2 Å². The number of benzene rings is 2. The molecule has 2 rings (SSSR count). The third kappa shape index (κ3) is 5.40. The minimum atomic E-state index is -1.83. The van der Waals surface area contributed by atoms with E-state index in [9.17, 15) is 19.8 Å². The van der Waals surface area contributed by atoms with E-state index in [2.05, 4.69) is 5.32 Å². The van der Waals surface area contributed by atoms with Crippen LogP contribution in [0, 0.1) is 6.92 Å². The summed E-state index contributed by atoms with van der Waals surface area (Å²) in [5.41, 5.74) is 2.84. The van der Waals surface area contributed by atoms with Gasteiger partial charge in [0.25, 0.3) is 11.8 Å². The second-order valence-electron chi connectivity index (χ2n) is 6.27. The number of nitrogens with one attached hydrogen (secondary N) is 1. The Morgan fingerprint density at radius 3 is 2.19 bits per heavy atom. The summed E-state index contributed by atoms with van der Waals surface area (Å²) in [6.07, 6.45) is -3.65. The molecule has 2 amide bonds. The Balaban J connectivity index is 1.87. The molecular formula is C20H24N2O4. The first-order chi connectivity index (χ1) is 12.4. The van der Waals surface area contributed by atoms with Gasteiger partial charge in [-0.05, 0) is 18.1 Å². The van der Waals surface area contributed by atoms with Crippen molar-refractivity contribution in [3.63, 3.8) is 0 Å². The minimum Gasteiger partial charge on any atom is -0.380 e. The van der Waals surface area contributed by atoms with E-state index in [0.29, 0.717) is 0 Å². The molecule has 2 aromatic rings. The maximum Gasteiger partial charge on any atom is 0.254 e. The molecule has 0 aliphatic rings. The molecule has 26 heavy (non-hydrogen) atoms. The quantitative estimate of drug-likeness (QED) is 0.690. The lowest BCUT2D eigenvalue weighted by Gasteiger charge is -2.23. The molecule has 0 radical (unpaired) electrons. The summed E-state index contributed by atoms with van der Waals surface area (Å²) in [6, 6.07) is 16.8. The van der Waals surface area contributed by atoms with Crippen molar-refractivity contribution in [3.05, 3.63) is 71.3 Å². The van der Waals surface area contributed by atoms with Crippen molar-refractivity contribution in [1.29, 1.82) is 0 Å². The molecule has 3 N–H and O–H groups in total. The maximum atomic E-state index is 12.2. The largest absolute Gasteiger partial charge is 0.380 e. The lowest BCUT2D eigenvalue weighted by molar-refractivity contribution is -0.152. The number of aliphatic hydroxyl groups excluding tert-OH is 2. The third-order valence-electron chi connectivity index (χ3n) is 4.05. The van der Waals surface area contributed by atoms with E-state index in [-0.39, 0.29) is 13.1 Å². The topological polar surface area (TPSA) is 89.9 Å². The highest BCUT2D eigenvalue weighted by atomic mass is 16.3. The van der Waals surface area contributed by atoms with Crippen molar-refractivity contribution in [2.45, 2.75) is 32.2 Å². The van der Waals surface area contributed by atoms with Gasteiger partial charge in [-0.2, -0.15) is 0 Å². The Morgan fingerprint density at radius 2 is 1.58 bits per heavy atom. The van der Waals surface area contributed by atoms with Crippen LogP contribution < -0.4 is 5.32 Å². The minimum absolute atomic E-state index is 0.205. The summed E-state index contributed by atoms with van der Waals surface area (Å²) in [5, 5.41) is 22.5. The van der Waals surface area contributed by atoms with Gasteiger partial charge >= 0.3 is 0 Å². The summed E-state index contributed by atoms with van der Waals surface area (Å²) >= 11 is 0. The number of hydrogen-bond donors (Lipinski definition) is 3. The van der Waals surface area contributed by atoms with Crippen LogP contribution in [0.15, 0.2) is 54.6 Å². The van der Waals surface area contributed by atoms with Crippen LogP contribution in [0.1, 0.15) is 16.7 Å². The van der Waals surface area contributed by atoms with Crippen LogP contribution in [0.25, 0.3) is 0 Å². The van der Waals surface area contributed by atoms with E-state index < -0.39 is 24.0 Å². The van der Waals surface area contributed by atoms with Gasteiger partial charge in [0.15, 0.2) is 12.2 Å². The fourth-order valence-electron chi connectivity index (χ4n) is 2.44. The van der Waals surface area contributed by atoms with Gasteiger partial charge in [0.05, 0.1) is 0 Å². The Hall–Kier alpha value is -2.70. The molecular weight excluding hydrogens is 332 g/mol. The first-order valence-corrected chi connectivity index (χ1v) is 8.37. The van der Waals surface area contributed by atoms with Gasteiger partial charge < -0.3 is 20.4 Å². The van der Waals surface area contributed by atoms with Crippen molar-refractivity contribution in [2.24, 2.45) is 0 Å². The van der Waals surface area contributed by atoms with Gasteiger partial charge in [0, 0.05) is 20.1 Å². The first kappa shape index (κ1) is 19.6. The van der Waals surface area contributed by atoms with Gasteiger partial charge in [0.2, 0.25) is 0 Å². The summed E-state index contributed by atoms with van der Waals surface area (Å²) in [6.45, 7) is 2.44. The van der Waals surface area contributed by atoms with Gasteiger partial charge in [-0.25, -0.2) is 0 Å². The molecule has 6 nitrogen and oxygen atoms in total. The molecule has 0 bridgehead atoms. The number of rotatable bonds is 7. The van der Waals surface area contributed by atoms with E-state index in [1.165, 1.54) is 11.9 Å².